The van der Waals surface area contributed by atoms with Crippen molar-refractivity contribution in [1.29, 1.82) is 0 Å². The summed E-state index contributed by atoms with van der Waals surface area (Å²) >= 11 is 10.3. The Morgan fingerprint density at radius 1 is 1.21 bits per heavy atom. The van der Waals surface area contributed by atoms with Crippen LogP contribution in [0.25, 0.3) is 0 Å². The minimum atomic E-state index is 0.445. The zero-order valence-corrected chi connectivity index (χ0v) is 13.3. The van der Waals surface area contributed by atoms with Gasteiger partial charge in [0.15, 0.2) is 10.2 Å². The van der Waals surface area contributed by atoms with Gasteiger partial charge in [0.2, 0.25) is 0 Å². The first-order chi connectivity index (χ1) is 9.04. The van der Waals surface area contributed by atoms with Crippen molar-refractivity contribution in [3.05, 3.63) is 12.7 Å². The van der Waals surface area contributed by atoms with Crippen molar-refractivity contribution in [2.45, 2.75) is 39.2 Å². The molecule has 1 fully saturated rings. The molecule has 3 atom stereocenters. The highest BCUT2D eigenvalue weighted by Crippen LogP contribution is 2.29. The van der Waals surface area contributed by atoms with Crippen molar-refractivity contribution in [2.24, 2.45) is 11.8 Å². The van der Waals surface area contributed by atoms with E-state index in [2.05, 4.69) is 41.9 Å². The number of hydrazine groups is 1. The molecule has 6 heteroatoms. The molecule has 0 aliphatic heterocycles. The molecule has 0 saturated heterocycles. The van der Waals surface area contributed by atoms with E-state index >= 15 is 0 Å². The van der Waals surface area contributed by atoms with Crippen LogP contribution < -0.4 is 21.5 Å². The SMILES string of the molecule is C=CCNC(=S)NNC(=S)N[C@@H]1CCC[C@H](C)[C@H]1C. The van der Waals surface area contributed by atoms with E-state index in [0.717, 1.165) is 5.92 Å². The third-order valence-corrected chi connectivity index (χ3v) is 4.19. The summed E-state index contributed by atoms with van der Waals surface area (Å²) in [4.78, 5) is 0. The number of thiocarbonyl (C=S) groups is 2. The van der Waals surface area contributed by atoms with Gasteiger partial charge in [0.05, 0.1) is 0 Å². The van der Waals surface area contributed by atoms with Gasteiger partial charge in [-0.25, -0.2) is 0 Å². The molecule has 1 saturated carbocycles. The maximum absolute atomic E-state index is 5.27. The topological polar surface area (TPSA) is 48.1 Å². The molecule has 0 aromatic carbocycles. The highest BCUT2D eigenvalue weighted by molar-refractivity contribution is 7.80. The van der Waals surface area contributed by atoms with Gasteiger partial charge in [-0.1, -0.05) is 32.8 Å². The Bertz CT molecular complexity index is 333. The second-order valence-corrected chi connectivity index (χ2v) is 5.91. The van der Waals surface area contributed by atoms with Gasteiger partial charge in [0.1, 0.15) is 0 Å². The third kappa shape index (κ3) is 5.74. The fraction of sp³-hybridized carbons (Fsp3) is 0.692. The van der Waals surface area contributed by atoms with Crippen molar-refractivity contribution in [2.75, 3.05) is 6.54 Å². The van der Waals surface area contributed by atoms with E-state index in [1.54, 1.807) is 6.08 Å². The third-order valence-electron chi connectivity index (χ3n) is 3.72. The Balaban J connectivity index is 2.26. The van der Waals surface area contributed by atoms with Gasteiger partial charge in [-0.05, 0) is 42.7 Å². The second kappa shape index (κ2) is 8.32. The first-order valence-corrected chi connectivity index (χ1v) is 7.57. The van der Waals surface area contributed by atoms with Crippen LogP contribution >= 0.6 is 24.4 Å². The van der Waals surface area contributed by atoms with Crippen LogP contribution in [0.2, 0.25) is 0 Å². The minimum absolute atomic E-state index is 0.445. The van der Waals surface area contributed by atoms with Crippen molar-refractivity contribution < 1.29 is 0 Å². The lowest BCUT2D eigenvalue weighted by Gasteiger charge is -2.35. The number of rotatable bonds is 3. The zero-order valence-electron chi connectivity index (χ0n) is 11.7. The molecule has 19 heavy (non-hydrogen) atoms. The molecule has 0 radical (unpaired) electrons. The summed E-state index contributed by atoms with van der Waals surface area (Å²) in [7, 11) is 0. The lowest BCUT2D eigenvalue weighted by Crippen LogP contribution is -2.54. The predicted octanol–water partition coefficient (Wildman–Crippen LogP) is 1.84. The second-order valence-electron chi connectivity index (χ2n) is 5.10. The van der Waals surface area contributed by atoms with E-state index in [0.29, 0.717) is 28.7 Å². The van der Waals surface area contributed by atoms with Gasteiger partial charge < -0.3 is 10.6 Å². The normalized spacial score (nSPS) is 26.1. The van der Waals surface area contributed by atoms with Gasteiger partial charge in [-0.3, -0.25) is 10.9 Å². The van der Waals surface area contributed by atoms with E-state index in [9.17, 15) is 0 Å². The molecule has 1 aliphatic rings. The standard InChI is InChI=1S/C13H24N4S2/c1-4-8-14-12(18)16-17-13(19)15-11-7-5-6-9(2)10(11)3/h4,9-11H,1,5-8H2,2-3H3,(H2,14,16,18)(H2,15,17,19)/t9-,10+,11+/m0/s1. The van der Waals surface area contributed by atoms with Crippen LogP contribution in [0.3, 0.4) is 0 Å². The fourth-order valence-corrected chi connectivity index (χ4v) is 2.65. The molecule has 0 spiro atoms. The maximum Gasteiger partial charge on any atom is 0.185 e. The van der Waals surface area contributed by atoms with Crippen LogP contribution in [-0.2, 0) is 0 Å². The fourth-order valence-electron chi connectivity index (χ4n) is 2.31. The Morgan fingerprint density at radius 2 is 1.89 bits per heavy atom. The molecule has 1 aliphatic carbocycles. The molecule has 0 aromatic heterocycles. The predicted molar refractivity (Wildman–Crippen MR) is 88.8 cm³/mol. The van der Waals surface area contributed by atoms with E-state index in [4.69, 9.17) is 24.4 Å². The number of hydrogen-bond donors (Lipinski definition) is 4. The number of hydrogen-bond acceptors (Lipinski definition) is 2. The summed E-state index contributed by atoms with van der Waals surface area (Å²) in [5.41, 5.74) is 5.76. The quantitative estimate of drug-likeness (QED) is 0.362. The van der Waals surface area contributed by atoms with Crippen LogP contribution in [0.4, 0.5) is 0 Å². The Morgan fingerprint density at radius 3 is 2.58 bits per heavy atom. The van der Waals surface area contributed by atoms with Crippen LogP contribution in [-0.4, -0.2) is 22.8 Å². The van der Waals surface area contributed by atoms with E-state index in [-0.39, 0.29) is 0 Å². The molecule has 4 nitrogen and oxygen atoms in total. The molecule has 0 bridgehead atoms. The summed E-state index contributed by atoms with van der Waals surface area (Å²) in [5.74, 6) is 1.39. The molecule has 0 heterocycles. The Kier molecular flexibility index (Phi) is 7.09. The molecule has 0 unspecified atom stereocenters. The molecule has 0 aromatic rings. The van der Waals surface area contributed by atoms with Gasteiger partial charge in [0.25, 0.3) is 0 Å². The first-order valence-electron chi connectivity index (χ1n) is 6.75. The smallest absolute Gasteiger partial charge is 0.185 e. The molecule has 0 amide bonds. The average Bonchev–Trinajstić information content (AvgIpc) is 2.39. The average molecular weight is 300 g/mol. The van der Waals surface area contributed by atoms with Crippen LogP contribution in [0.1, 0.15) is 33.1 Å². The highest BCUT2D eigenvalue weighted by atomic mass is 32.1. The summed E-state index contributed by atoms with van der Waals surface area (Å²) in [6.07, 6.45) is 5.49. The minimum Gasteiger partial charge on any atom is -0.358 e. The molecule has 4 N–H and O–H groups in total. The van der Waals surface area contributed by atoms with Crippen molar-refractivity contribution >= 4 is 34.7 Å². The van der Waals surface area contributed by atoms with Crippen LogP contribution in [0, 0.1) is 11.8 Å². The van der Waals surface area contributed by atoms with Crippen molar-refractivity contribution in [3.63, 3.8) is 0 Å². The van der Waals surface area contributed by atoms with Gasteiger partial charge in [-0.15, -0.1) is 6.58 Å². The summed E-state index contributed by atoms with van der Waals surface area (Å²) in [6, 6.07) is 0.445. The number of nitrogens with one attached hydrogen (secondary N) is 4. The van der Waals surface area contributed by atoms with Crippen molar-refractivity contribution in [3.8, 4) is 0 Å². The largest absolute Gasteiger partial charge is 0.358 e. The lowest BCUT2D eigenvalue weighted by molar-refractivity contribution is 0.224. The summed E-state index contributed by atoms with van der Waals surface area (Å²) in [5, 5.41) is 7.42. The van der Waals surface area contributed by atoms with Gasteiger partial charge >= 0.3 is 0 Å². The van der Waals surface area contributed by atoms with E-state index < -0.39 is 0 Å². The zero-order chi connectivity index (χ0) is 14.3. The van der Waals surface area contributed by atoms with Crippen LogP contribution in [0.5, 0.6) is 0 Å². The molecular weight excluding hydrogens is 276 g/mol. The van der Waals surface area contributed by atoms with Crippen molar-refractivity contribution in [1.82, 2.24) is 21.5 Å². The highest BCUT2D eigenvalue weighted by Gasteiger charge is 2.27. The van der Waals surface area contributed by atoms with Crippen LogP contribution in [0.15, 0.2) is 12.7 Å². The molecule has 108 valence electrons. The van der Waals surface area contributed by atoms with Gasteiger partial charge in [0, 0.05) is 12.6 Å². The van der Waals surface area contributed by atoms with E-state index in [1.165, 1.54) is 19.3 Å². The monoisotopic (exact) mass is 300 g/mol. The Hall–Kier alpha value is -0.880. The lowest BCUT2D eigenvalue weighted by atomic mass is 9.78. The molecular formula is C13H24N4S2. The first kappa shape index (κ1) is 16.2. The molecule has 1 rings (SSSR count). The maximum atomic E-state index is 5.27. The summed E-state index contributed by atoms with van der Waals surface area (Å²) < 4.78 is 0. The van der Waals surface area contributed by atoms with E-state index in [1.807, 2.05) is 0 Å². The Labute approximate surface area is 126 Å². The summed E-state index contributed by atoms with van der Waals surface area (Å²) in [6.45, 7) is 8.83. The van der Waals surface area contributed by atoms with Gasteiger partial charge in [-0.2, -0.15) is 0 Å².